The summed E-state index contributed by atoms with van der Waals surface area (Å²) < 4.78 is 0. The Labute approximate surface area is 69.9 Å². The highest BCUT2D eigenvalue weighted by Gasteiger charge is 2.34. The van der Waals surface area contributed by atoms with Crippen molar-refractivity contribution in [2.24, 2.45) is 5.92 Å². The van der Waals surface area contributed by atoms with Crippen LogP contribution in [0.4, 0.5) is 0 Å². The minimum atomic E-state index is 0.377. The predicted octanol–water partition coefficient (Wildman–Crippen LogP) is 2.34. The third kappa shape index (κ3) is 1.64. The Morgan fingerprint density at radius 3 is 2.73 bits per heavy atom. The molecule has 0 aromatic rings. The number of hydrogen-bond acceptors (Lipinski definition) is 1. The van der Waals surface area contributed by atoms with E-state index < -0.39 is 0 Å². The molecule has 1 aliphatic rings. The normalized spacial score (nSPS) is 31.2. The zero-order valence-corrected chi connectivity index (χ0v) is 7.69. The van der Waals surface area contributed by atoms with E-state index in [4.69, 9.17) is 0 Å². The Morgan fingerprint density at radius 1 is 1.64 bits per heavy atom. The first-order valence-electron chi connectivity index (χ1n) is 4.57. The molecule has 0 unspecified atom stereocenters. The van der Waals surface area contributed by atoms with Crippen LogP contribution in [-0.4, -0.2) is 12.1 Å². The summed E-state index contributed by atoms with van der Waals surface area (Å²) in [6, 6.07) is 0. The molecule has 11 heavy (non-hydrogen) atoms. The summed E-state index contributed by atoms with van der Waals surface area (Å²) in [5.41, 5.74) is 0.377. The second-order valence-electron chi connectivity index (χ2n) is 3.83. The van der Waals surface area contributed by atoms with E-state index in [1.54, 1.807) is 0 Å². The molecule has 1 aliphatic heterocycles. The first-order chi connectivity index (χ1) is 5.21. The van der Waals surface area contributed by atoms with Crippen LogP contribution in [0.2, 0.25) is 0 Å². The Hall–Kier alpha value is -0.300. The molecule has 1 rings (SSSR count). The largest absolute Gasteiger partial charge is 0.311 e. The quantitative estimate of drug-likeness (QED) is 0.614. The van der Waals surface area contributed by atoms with Gasteiger partial charge in [-0.2, -0.15) is 0 Å². The molecule has 1 atom stereocenters. The lowest BCUT2D eigenvalue weighted by Crippen LogP contribution is -2.44. The zero-order valence-electron chi connectivity index (χ0n) is 7.69. The van der Waals surface area contributed by atoms with Gasteiger partial charge in [0.25, 0.3) is 0 Å². The van der Waals surface area contributed by atoms with Crippen LogP contribution in [0.3, 0.4) is 0 Å². The minimum absolute atomic E-state index is 0.377. The smallest absolute Gasteiger partial charge is 0.0239 e. The SMILES string of the molecule is C=CC[C@@]1(C(C)C)CCCN1. The number of nitrogens with one attached hydrogen (secondary N) is 1. The molecule has 0 bridgehead atoms. The van der Waals surface area contributed by atoms with Crippen LogP contribution in [0.25, 0.3) is 0 Å². The molecule has 1 saturated heterocycles. The van der Waals surface area contributed by atoms with Crippen LogP contribution >= 0.6 is 0 Å². The molecular formula is C10H19N. The van der Waals surface area contributed by atoms with Gasteiger partial charge in [0.2, 0.25) is 0 Å². The molecule has 64 valence electrons. The average molecular weight is 153 g/mol. The highest BCUT2D eigenvalue weighted by atomic mass is 15.0. The topological polar surface area (TPSA) is 12.0 Å². The van der Waals surface area contributed by atoms with Crippen LogP contribution in [0.5, 0.6) is 0 Å². The van der Waals surface area contributed by atoms with E-state index in [-0.39, 0.29) is 0 Å². The van der Waals surface area contributed by atoms with Crippen molar-refractivity contribution in [1.82, 2.24) is 5.32 Å². The van der Waals surface area contributed by atoms with Gasteiger partial charge in [-0.1, -0.05) is 19.9 Å². The molecule has 0 aromatic heterocycles. The van der Waals surface area contributed by atoms with E-state index in [2.05, 4.69) is 25.7 Å². The summed E-state index contributed by atoms with van der Waals surface area (Å²) in [6.45, 7) is 9.59. The van der Waals surface area contributed by atoms with Crippen molar-refractivity contribution in [1.29, 1.82) is 0 Å². The van der Waals surface area contributed by atoms with Crippen molar-refractivity contribution in [3.8, 4) is 0 Å². The molecule has 0 radical (unpaired) electrons. The zero-order chi connectivity index (χ0) is 8.32. The molecule has 1 heterocycles. The Morgan fingerprint density at radius 2 is 2.36 bits per heavy atom. The summed E-state index contributed by atoms with van der Waals surface area (Å²) in [5, 5.41) is 3.60. The Bertz CT molecular complexity index is 132. The third-order valence-electron chi connectivity index (χ3n) is 2.89. The van der Waals surface area contributed by atoms with E-state index in [9.17, 15) is 0 Å². The van der Waals surface area contributed by atoms with Gasteiger partial charge in [0.15, 0.2) is 0 Å². The van der Waals surface area contributed by atoms with Gasteiger partial charge in [-0.15, -0.1) is 6.58 Å². The maximum atomic E-state index is 3.81. The Balaban J connectivity index is 2.61. The van der Waals surface area contributed by atoms with E-state index in [0.29, 0.717) is 5.54 Å². The first-order valence-corrected chi connectivity index (χ1v) is 4.57. The van der Waals surface area contributed by atoms with Gasteiger partial charge in [-0.25, -0.2) is 0 Å². The molecule has 0 saturated carbocycles. The monoisotopic (exact) mass is 153 g/mol. The van der Waals surface area contributed by atoms with Crippen molar-refractivity contribution in [3.05, 3.63) is 12.7 Å². The highest BCUT2D eigenvalue weighted by molar-refractivity contribution is 4.99. The molecule has 0 aromatic carbocycles. The van der Waals surface area contributed by atoms with E-state index in [1.807, 2.05) is 6.08 Å². The molecule has 0 aliphatic carbocycles. The molecule has 0 spiro atoms. The Kier molecular flexibility index (Phi) is 2.72. The summed E-state index contributed by atoms with van der Waals surface area (Å²) in [4.78, 5) is 0. The van der Waals surface area contributed by atoms with Gasteiger partial charge in [0.1, 0.15) is 0 Å². The number of hydrogen-bond donors (Lipinski definition) is 1. The minimum Gasteiger partial charge on any atom is -0.311 e. The maximum Gasteiger partial charge on any atom is 0.0239 e. The lowest BCUT2D eigenvalue weighted by Gasteiger charge is -2.32. The van der Waals surface area contributed by atoms with Gasteiger partial charge >= 0.3 is 0 Å². The lowest BCUT2D eigenvalue weighted by molar-refractivity contribution is 0.274. The fourth-order valence-electron chi connectivity index (χ4n) is 1.99. The van der Waals surface area contributed by atoms with Crippen LogP contribution < -0.4 is 5.32 Å². The highest BCUT2D eigenvalue weighted by Crippen LogP contribution is 2.30. The van der Waals surface area contributed by atoms with Crippen molar-refractivity contribution in [2.75, 3.05) is 6.54 Å². The van der Waals surface area contributed by atoms with Crippen molar-refractivity contribution in [3.63, 3.8) is 0 Å². The first kappa shape index (κ1) is 8.79. The van der Waals surface area contributed by atoms with Crippen molar-refractivity contribution in [2.45, 2.75) is 38.6 Å². The third-order valence-corrected chi connectivity index (χ3v) is 2.89. The summed E-state index contributed by atoms with van der Waals surface area (Å²) >= 11 is 0. The van der Waals surface area contributed by atoms with E-state index in [1.165, 1.54) is 19.4 Å². The van der Waals surface area contributed by atoms with Crippen LogP contribution in [0, 0.1) is 5.92 Å². The molecule has 1 N–H and O–H groups in total. The van der Waals surface area contributed by atoms with Crippen LogP contribution in [-0.2, 0) is 0 Å². The fraction of sp³-hybridized carbons (Fsp3) is 0.800. The van der Waals surface area contributed by atoms with Crippen LogP contribution in [0.1, 0.15) is 33.1 Å². The molecule has 1 nitrogen and oxygen atoms in total. The van der Waals surface area contributed by atoms with Crippen molar-refractivity contribution < 1.29 is 0 Å². The van der Waals surface area contributed by atoms with Gasteiger partial charge in [-0.3, -0.25) is 0 Å². The van der Waals surface area contributed by atoms with Crippen LogP contribution in [0.15, 0.2) is 12.7 Å². The van der Waals surface area contributed by atoms with E-state index in [0.717, 1.165) is 12.3 Å². The number of rotatable bonds is 3. The van der Waals surface area contributed by atoms with Gasteiger partial charge in [0, 0.05) is 5.54 Å². The molecule has 1 heteroatoms. The van der Waals surface area contributed by atoms with Gasteiger partial charge in [0.05, 0.1) is 0 Å². The fourth-order valence-corrected chi connectivity index (χ4v) is 1.99. The predicted molar refractivity (Wildman–Crippen MR) is 49.6 cm³/mol. The van der Waals surface area contributed by atoms with E-state index >= 15 is 0 Å². The molecule has 0 amide bonds. The average Bonchev–Trinajstić information content (AvgIpc) is 2.38. The lowest BCUT2D eigenvalue weighted by atomic mass is 9.82. The summed E-state index contributed by atoms with van der Waals surface area (Å²) in [5.74, 6) is 0.725. The van der Waals surface area contributed by atoms with Gasteiger partial charge < -0.3 is 5.32 Å². The standard InChI is InChI=1S/C10H19N/c1-4-6-10(9(2)3)7-5-8-11-10/h4,9,11H,1,5-8H2,2-3H3/t10-/m0/s1. The molecular weight excluding hydrogens is 134 g/mol. The second kappa shape index (κ2) is 3.40. The van der Waals surface area contributed by atoms with Gasteiger partial charge in [-0.05, 0) is 31.7 Å². The van der Waals surface area contributed by atoms with Crippen molar-refractivity contribution >= 4 is 0 Å². The summed E-state index contributed by atoms with van der Waals surface area (Å²) in [6.07, 6.45) is 5.80. The second-order valence-corrected chi connectivity index (χ2v) is 3.83. The maximum absolute atomic E-state index is 3.81. The summed E-state index contributed by atoms with van der Waals surface area (Å²) in [7, 11) is 0. The molecule has 1 fully saturated rings.